The van der Waals surface area contributed by atoms with Crippen LogP contribution in [0, 0.1) is 0 Å². The molecule has 1 aliphatic heterocycles. The van der Waals surface area contributed by atoms with Crippen LogP contribution in [0.25, 0.3) is 10.9 Å². The topological polar surface area (TPSA) is 97.0 Å². The number of piperazine rings is 1. The molecule has 176 valence electrons. The predicted molar refractivity (Wildman–Crippen MR) is 129 cm³/mol. The normalized spacial score (nSPS) is 14.6. The highest BCUT2D eigenvalue weighted by Crippen LogP contribution is 2.28. The molecular weight excluding hydrogens is 444 g/mol. The van der Waals surface area contributed by atoms with Gasteiger partial charge in [-0.2, -0.15) is 0 Å². The van der Waals surface area contributed by atoms with E-state index >= 15 is 0 Å². The Morgan fingerprint density at radius 2 is 1.79 bits per heavy atom. The van der Waals surface area contributed by atoms with Crippen LogP contribution in [-0.2, 0) is 17.9 Å². The molecule has 3 aromatic rings. The van der Waals surface area contributed by atoms with Crippen molar-refractivity contribution in [2.45, 2.75) is 25.9 Å². The average molecular weight is 473 g/mol. The van der Waals surface area contributed by atoms with E-state index in [1.165, 1.54) is 20.5 Å². The molecule has 0 spiro atoms. The monoisotopic (exact) mass is 472 g/mol. The smallest absolute Gasteiger partial charge is 0.331 e. The molecule has 0 radical (unpaired) electrons. The quantitative estimate of drug-likeness (QED) is 0.508. The number of nitrogens with zero attached hydrogens (tertiary/aromatic N) is 4. The van der Waals surface area contributed by atoms with Gasteiger partial charge in [-0.05, 0) is 18.6 Å². The van der Waals surface area contributed by atoms with Gasteiger partial charge in [0.15, 0.2) is 0 Å². The van der Waals surface area contributed by atoms with Gasteiger partial charge in [0.05, 0.1) is 23.7 Å². The Hall–Kier alpha value is -3.11. The molecule has 1 aliphatic rings. The largest absolute Gasteiger partial charge is 0.495 e. The van der Waals surface area contributed by atoms with Gasteiger partial charge in [0.2, 0.25) is 0 Å². The maximum atomic E-state index is 13.1. The van der Waals surface area contributed by atoms with Gasteiger partial charge in [-0.25, -0.2) is 4.79 Å². The average Bonchev–Trinajstić information content (AvgIpc) is 3.31. The molecule has 1 N–H and O–H groups in total. The molecule has 0 aliphatic carbocycles. The fraction of sp³-hybridized carbons (Fsp3) is 0.435. The molecule has 0 amide bonds. The first-order valence-corrected chi connectivity index (χ1v) is 12.0. The molecular formula is C23H28N4O5S. The third-order valence-electron chi connectivity index (χ3n) is 6.08. The summed E-state index contributed by atoms with van der Waals surface area (Å²) in [6.07, 6.45) is 0.316. The lowest BCUT2D eigenvalue weighted by atomic mass is 10.2. The van der Waals surface area contributed by atoms with Crippen molar-refractivity contribution in [3.63, 3.8) is 0 Å². The van der Waals surface area contributed by atoms with Crippen LogP contribution in [-0.4, -0.2) is 64.9 Å². The van der Waals surface area contributed by atoms with Crippen LogP contribution >= 0.6 is 11.3 Å². The van der Waals surface area contributed by atoms with Crippen molar-refractivity contribution in [2.24, 2.45) is 0 Å². The van der Waals surface area contributed by atoms with Crippen molar-refractivity contribution in [3.05, 3.63) is 55.9 Å². The lowest BCUT2D eigenvalue weighted by Gasteiger charge is -2.36. The van der Waals surface area contributed by atoms with E-state index in [1.54, 1.807) is 17.9 Å². The Morgan fingerprint density at radius 1 is 1.03 bits per heavy atom. The van der Waals surface area contributed by atoms with Crippen LogP contribution < -0.4 is 20.9 Å². The minimum Gasteiger partial charge on any atom is -0.495 e. The lowest BCUT2D eigenvalue weighted by Crippen LogP contribution is -2.49. The molecule has 2 aromatic heterocycles. The summed E-state index contributed by atoms with van der Waals surface area (Å²) in [4.78, 5) is 41.5. The number of aliphatic carboxylic acids is 1. The number of fused-ring (bicyclic) bond motifs is 1. The van der Waals surface area contributed by atoms with Crippen molar-refractivity contribution in [2.75, 3.05) is 44.7 Å². The van der Waals surface area contributed by atoms with Crippen LogP contribution in [0.1, 0.15) is 12.8 Å². The number of benzene rings is 1. The molecule has 1 saturated heterocycles. The van der Waals surface area contributed by atoms with Gasteiger partial charge in [0, 0.05) is 63.0 Å². The Labute approximate surface area is 195 Å². The lowest BCUT2D eigenvalue weighted by molar-refractivity contribution is -0.137. The molecule has 1 aromatic carbocycles. The standard InChI is InChI=1S/C23H28N4O5S/c1-32-20-6-3-2-5-18(20)25-12-9-24(10-13-25)11-14-27-22(30)17-15-33-16-19(17)26(23(27)31)8-4-7-21(28)29/h2-3,5-6,15-16H,4,7-14H2,1H3,(H,28,29). The second-order valence-electron chi connectivity index (χ2n) is 8.06. The number of methoxy groups -OCH3 is 1. The van der Waals surface area contributed by atoms with Crippen molar-refractivity contribution in [1.29, 1.82) is 0 Å². The van der Waals surface area contributed by atoms with E-state index in [0.29, 0.717) is 30.4 Å². The van der Waals surface area contributed by atoms with Gasteiger partial charge in [-0.3, -0.25) is 23.6 Å². The summed E-state index contributed by atoms with van der Waals surface area (Å²) >= 11 is 1.37. The van der Waals surface area contributed by atoms with Gasteiger partial charge in [-0.1, -0.05) is 12.1 Å². The van der Waals surface area contributed by atoms with E-state index in [1.807, 2.05) is 18.2 Å². The summed E-state index contributed by atoms with van der Waals surface area (Å²) in [5.74, 6) is -0.0461. The molecule has 10 heteroatoms. The molecule has 0 saturated carbocycles. The highest BCUT2D eigenvalue weighted by Gasteiger charge is 2.20. The van der Waals surface area contributed by atoms with Crippen LogP contribution in [0.3, 0.4) is 0 Å². The maximum absolute atomic E-state index is 13.1. The predicted octanol–water partition coefficient (Wildman–Crippen LogP) is 1.92. The van der Waals surface area contributed by atoms with Gasteiger partial charge in [0.25, 0.3) is 5.56 Å². The van der Waals surface area contributed by atoms with Crippen LogP contribution in [0.15, 0.2) is 44.6 Å². The third kappa shape index (κ3) is 4.96. The van der Waals surface area contributed by atoms with Gasteiger partial charge < -0.3 is 14.7 Å². The molecule has 4 rings (SSSR count). The number of carboxylic acid groups (broad SMARTS) is 1. The highest BCUT2D eigenvalue weighted by atomic mass is 32.1. The van der Waals surface area contributed by atoms with Crippen molar-refractivity contribution < 1.29 is 14.6 Å². The first-order chi connectivity index (χ1) is 16.0. The van der Waals surface area contributed by atoms with E-state index in [9.17, 15) is 14.4 Å². The van der Waals surface area contributed by atoms with E-state index in [4.69, 9.17) is 9.84 Å². The van der Waals surface area contributed by atoms with Gasteiger partial charge in [0.1, 0.15) is 5.75 Å². The number of thiophene rings is 1. The summed E-state index contributed by atoms with van der Waals surface area (Å²) in [5.41, 5.74) is 1.01. The number of aryl methyl sites for hydroxylation is 1. The van der Waals surface area contributed by atoms with Crippen LogP contribution in [0.2, 0.25) is 0 Å². The van der Waals surface area contributed by atoms with Crippen molar-refractivity contribution in [1.82, 2.24) is 14.0 Å². The zero-order chi connectivity index (χ0) is 23.4. The number of carboxylic acids is 1. The third-order valence-corrected chi connectivity index (χ3v) is 6.81. The Bertz CT molecular complexity index is 1240. The van der Waals surface area contributed by atoms with E-state index < -0.39 is 5.97 Å². The van der Waals surface area contributed by atoms with Crippen LogP contribution in [0.4, 0.5) is 5.69 Å². The Kier molecular flexibility index (Phi) is 7.14. The van der Waals surface area contributed by atoms with Crippen molar-refractivity contribution in [3.8, 4) is 5.75 Å². The Morgan fingerprint density at radius 3 is 2.52 bits per heavy atom. The van der Waals surface area contributed by atoms with E-state index in [-0.39, 0.29) is 24.2 Å². The van der Waals surface area contributed by atoms with Crippen LogP contribution in [0.5, 0.6) is 5.75 Å². The molecule has 0 unspecified atom stereocenters. The number of hydrogen-bond donors (Lipinski definition) is 1. The number of carbonyl (C=O) groups is 1. The number of anilines is 1. The number of rotatable bonds is 9. The fourth-order valence-corrected chi connectivity index (χ4v) is 5.10. The minimum absolute atomic E-state index is 0.0202. The molecule has 3 heterocycles. The highest BCUT2D eigenvalue weighted by molar-refractivity contribution is 7.09. The summed E-state index contributed by atoms with van der Waals surface area (Å²) in [7, 11) is 1.67. The number of ether oxygens (including phenoxy) is 1. The number of hydrogen-bond acceptors (Lipinski definition) is 7. The zero-order valence-corrected chi connectivity index (χ0v) is 19.4. The summed E-state index contributed by atoms with van der Waals surface area (Å²) in [6, 6.07) is 7.96. The minimum atomic E-state index is -0.898. The molecule has 0 bridgehead atoms. The first kappa shape index (κ1) is 23.1. The molecule has 9 nitrogen and oxygen atoms in total. The molecule has 33 heavy (non-hydrogen) atoms. The second kappa shape index (κ2) is 10.2. The summed E-state index contributed by atoms with van der Waals surface area (Å²) in [5, 5.41) is 13.0. The Balaban J connectivity index is 1.45. The van der Waals surface area contributed by atoms with Gasteiger partial charge >= 0.3 is 11.7 Å². The molecule has 1 fully saturated rings. The van der Waals surface area contributed by atoms with E-state index in [0.717, 1.165) is 37.6 Å². The van der Waals surface area contributed by atoms with E-state index in [2.05, 4.69) is 15.9 Å². The summed E-state index contributed by atoms with van der Waals surface area (Å²) < 4.78 is 8.31. The summed E-state index contributed by atoms with van der Waals surface area (Å²) in [6.45, 7) is 4.48. The zero-order valence-electron chi connectivity index (χ0n) is 18.6. The second-order valence-corrected chi connectivity index (χ2v) is 8.80. The fourth-order valence-electron chi connectivity index (χ4n) is 4.29. The SMILES string of the molecule is COc1ccccc1N1CCN(CCn2c(=O)c3cscc3n(CCCC(=O)O)c2=O)CC1. The number of para-hydroxylation sites is 2. The van der Waals surface area contributed by atoms with Gasteiger partial charge in [-0.15, -0.1) is 11.3 Å². The van der Waals surface area contributed by atoms with Crippen molar-refractivity contribution >= 4 is 33.9 Å². The maximum Gasteiger partial charge on any atom is 0.331 e. The first-order valence-electron chi connectivity index (χ1n) is 11.0. The number of aromatic nitrogens is 2. The molecule has 0 atom stereocenters.